The van der Waals surface area contributed by atoms with Gasteiger partial charge >= 0.3 is 12.1 Å². The molecule has 0 spiro atoms. The summed E-state index contributed by atoms with van der Waals surface area (Å²) in [6, 6.07) is -0.959. The maximum atomic E-state index is 10.7. The maximum Gasteiger partial charge on any atom is 0.408 e. The van der Waals surface area contributed by atoms with E-state index in [9.17, 15) is 9.59 Å². The van der Waals surface area contributed by atoms with Gasteiger partial charge in [-0.2, -0.15) is 0 Å². The van der Waals surface area contributed by atoms with Gasteiger partial charge in [-0.15, -0.1) is 0 Å². The second-order valence-electron chi connectivity index (χ2n) is 3.03. The van der Waals surface area contributed by atoms with Crippen LogP contribution in [0, 0.1) is 0 Å². The molecule has 1 unspecified atom stereocenters. The van der Waals surface area contributed by atoms with Gasteiger partial charge in [-0.1, -0.05) is 12.2 Å². The molecule has 5 heteroatoms. The van der Waals surface area contributed by atoms with Crippen LogP contribution >= 0.6 is 0 Å². The van der Waals surface area contributed by atoms with Crippen LogP contribution in [0.4, 0.5) is 4.79 Å². The van der Waals surface area contributed by atoms with Crippen LogP contribution in [0.1, 0.15) is 12.8 Å². The SMILES string of the molecule is C=C1CCN(C(=O)O)C(C(=O)O)C1. The average molecular weight is 185 g/mol. The highest BCUT2D eigenvalue weighted by atomic mass is 16.4. The summed E-state index contributed by atoms with van der Waals surface area (Å²) in [6.07, 6.45) is -0.405. The first-order chi connectivity index (χ1) is 6.02. The van der Waals surface area contributed by atoms with Crippen LogP contribution in [-0.2, 0) is 4.79 Å². The zero-order valence-corrected chi connectivity index (χ0v) is 7.06. The molecule has 5 nitrogen and oxygen atoms in total. The summed E-state index contributed by atoms with van der Waals surface area (Å²) in [5.41, 5.74) is 0.796. The van der Waals surface area contributed by atoms with E-state index in [0.717, 1.165) is 10.5 Å². The van der Waals surface area contributed by atoms with Crippen LogP contribution in [0.15, 0.2) is 12.2 Å². The van der Waals surface area contributed by atoms with E-state index in [-0.39, 0.29) is 13.0 Å². The van der Waals surface area contributed by atoms with Crippen LogP contribution < -0.4 is 0 Å². The van der Waals surface area contributed by atoms with E-state index < -0.39 is 18.1 Å². The van der Waals surface area contributed by atoms with Crippen molar-refractivity contribution in [3.8, 4) is 0 Å². The first-order valence-corrected chi connectivity index (χ1v) is 3.91. The number of hydrogen-bond acceptors (Lipinski definition) is 2. The first-order valence-electron chi connectivity index (χ1n) is 3.91. The third-order valence-corrected chi connectivity index (χ3v) is 2.10. The predicted octanol–water partition coefficient (Wildman–Crippen LogP) is 0.770. The van der Waals surface area contributed by atoms with Gasteiger partial charge in [-0.3, -0.25) is 4.90 Å². The molecule has 1 aliphatic heterocycles. The summed E-state index contributed by atoms with van der Waals surface area (Å²) >= 11 is 0. The van der Waals surface area contributed by atoms with E-state index in [2.05, 4.69) is 6.58 Å². The Morgan fingerprint density at radius 3 is 2.54 bits per heavy atom. The number of hydrogen-bond donors (Lipinski definition) is 2. The molecule has 1 aliphatic rings. The van der Waals surface area contributed by atoms with Gasteiger partial charge in [0.25, 0.3) is 0 Å². The average Bonchev–Trinajstić information content (AvgIpc) is 2.03. The Labute approximate surface area is 75.3 Å². The normalized spacial score (nSPS) is 22.9. The summed E-state index contributed by atoms with van der Waals surface area (Å²) < 4.78 is 0. The Hall–Kier alpha value is -1.52. The van der Waals surface area contributed by atoms with Gasteiger partial charge in [0.15, 0.2) is 0 Å². The Morgan fingerprint density at radius 1 is 1.46 bits per heavy atom. The van der Waals surface area contributed by atoms with Crippen LogP contribution in [-0.4, -0.2) is 39.8 Å². The van der Waals surface area contributed by atoms with Crippen LogP contribution in [0.5, 0.6) is 0 Å². The lowest BCUT2D eigenvalue weighted by Crippen LogP contribution is -2.47. The molecule has 0 aromatic rings. The Morgan fingerprint density at radius 2 is 2.08 bits per heavy atom. The maximum absolute atomic E-state index is 10.7. The van der Waals surface area contributed by atoms with Crippen molar-refractivity contribution in [1.82, 2.24) is 4.90 Å². The molecule has 13 heavy (non-hydrogen) atoms. The summed E-state index contributed by atoms with van der Waals surface area (Å²) in [7, 11) is 0. The number of carboxylic acid groups (broad SMARTS) is 2. The number of nitrogens with zero attached hydrogens (tertiary/aromatic N) is 1. The Bertz CT molecular complexity index is 261. The minimum absolute atomic E-state index is 0.224. The molecule has 0 radical (unpaired) electrons. The van der Waals surface area contributed by atoms with Gasteiger partial charge in [-0.05, 0) is 12.8 Å². The molecule has 0 aromatic heterocycles. The van der Waals surface area contributed by atoms with Gasteiger partial charge in [-0.25, -0.2) is 9.59 Å². The van der Waals surface area contributed by atoms with E-state index in [1.165, 1.54) is 0 Å². The van der Waals surface area contributed by atoms with Gasteiger partial charge in [0, 0.05) is 6.54 Å². The molecule has 1 rings (SSSR count). The van der Waals surface area contributed by atoms with Crippen LogP contribution in [0.2, 0.25) is 0 Å². The summed E-state index contributed by atoms with van der Waals surface area (Å²) in [5.74, 6) is -1.11. The van der Waals surface area contributed by atoms with Gasteiger partial charge in [0.2, 0.25) is 0 Å². The number of amides is 1. The molecule has 1 heterocycles. The molecule has 0 aromatic carbocycles. The monoisotopic (exact) mass is 185 g/mol. The number of carboxylic acids is 1. The predicted molar refractivity (Wildman–Crippen MR) is 44.5 cm³/mol. The van der Waals surface area contributed by atoms with Crippen molar-refractivity contribution in [3.63, 3.8) is 0 Å². The fraction of sp³-hybridized carbons (Fsp3) is 0.500. The van der Waals surface area contributed by atoms with Gasteiger partial charge in [0.1, 0.15) is 6.04 Å². The Balaban J connectivity index is 2.77. The molecular weight excluding hydrogens is 174 g/mol. The molecule has 0 aliphatic carbocycles. The molecule has 1 fully saturated rings. The van der Waals surface area contributed by atoms with E-state index in [1.54, 1.807) is 0 Å². The Kier molecular flexibility index (Phi) is 2.55. The van der Waals surface area contributed by atoms with Crippen LogP contribution in [0.25, 0.3) is 0 Å². The second-order valence-corrected chi connectivity index (χ2v) is 3.03. The summed E-state index contributed by atoms with van der Waals surface area (Å²) in [6.45, 7) is 3.88. The molecule has 1 saturated heterocycles. The smallest absolute Gasteiger partial charge is 0.408 e. The lowest BCUT2D eigenvalue weighted by atomic mass is 9.98. The van der Waals surface area contributed by atoms with Crippen molar-refractivity contribution >= 4 is 12.1 Å². The zero-order valence-electron chi connectivity index (χ0n) is 7.06. The van der Waals surface area contributed by atoms with Gasteiger partial charge < -0.3 is 10.2 Å². The first kappa shape index (κ1) is 9.57. The molecule has 72 valence electrons. The number of piperidine rings is 1. The number of carbonyl (C=O) groups is 2. The molecule has 2 N–H and O–H groups in total. The summed E-state index contributed by atoms with van der Waals surface area (Å²) in [5, 5.41) is 17.4. The lowest BCUT2D eigenvalue weighted by molar-refractivity contribution is -0.143. The van der Waals surface area contributed by atoms with Crippen molar-refractivity contribution in [1.29, 1.82) is 0 Å². The third-order valence-electron chi connectivity index (χ3n) is 2.10. The number of aliphatic carboxylic acids is 1. The summed E-state index contributed by atoms with van der Waals surface area (Å²) in [4.78, 5) is 22.2. The van der Waals surface area contributed by atoms with E-state index >= 15 is 0 Å². The van der Waals surface area contributed by atoms with Crippen molar-refractivity contribution in [2.45, 2.75) is 18.9 Å². The number of likely N-dealkylation sites (tertiary alicyclic amines) is 1. The minimum Gasteiger partial charge on any atom is -0.480 e. The molecule has 0 bridgehead atoms. The topological polar surface area (TPSA) is 77.8 Å². The molecular formula is C8H11NO4. The standard InChI is InChI=1S/C8H11NO4/c1-5-2-3-9(8(12)13)6(4-5)7(10)11/h6H,1-4H2,(H,10,11)(H,12,13). The second kappa shape index (κ2) is 3.47. The minimum atomic E-state index is -1.18. The van der Waals surface area contributed by atoms with Crippen molar-refractivity contribution in [3.05, 3.63) is 12.2 Å². The van der Waals surface area contributed by atoms with E-state index in [1.807, 2.05) is 0 Å². The fourth-order valence-corrected chi connectivity index (χ4v) is 1.37. The fourth-order valence-electron chi connectivity index (χ4n) is 1.37. The molecule has 1 atom stereocenters. The lowest BCUT2D eigenvalue weighted by Gasteiger charge is -2.31. The van der Waals surface area contributed by atoms with E-state index in [4.69, 9.17) is 10.2 Å². The molecule has 1 amide bonds. The zero-order chi connectivity index (χ0) is 10.0. The molecule has 0 saturated carbocycles. The highest BCUT2D eigenvalue weighted by Crippen LogP contribution is 2.20. The van der Waals surface area contributed by atoms with Crippen molar-refractivity contribution < 1.29 is 19.8 Å². The van der Waals surface area contributed by atoms with Crippen molar-refractivity contribution in [2.24, 2.45) is 0 Å². The van der Waals surface area contributed by atoms with Crippen LogP contribution in [0.3, 0.4) is 0 Å². The largest absolute Gasteiger partial charge is 0.480 e. The van der Waals surface area contributed by atoms with E-state index in [0.29, 0.717) is 6.42 Å². The van der Waals surface area contributed by atoms with Crippen molar-refractivity contribution in [2.75, 3.05) is 6.54 Å². The third kappa shape index (κ3) is 1.99. The number of rotatable bonds is 1. The highest BCUT2D eigenvalue weighted by Gasteiger charge is 2.32. The highest BCUT2D eigenvalue weighted by molar-refractivity contribution is 5.80. The van der Waals surface area contributed by atoms with Gasteiger partial charge in [0.05, 0.1) is 0 Å². The quantitative estimate of drug-likeness (QED) is 0.591.